The molecule has 0 amide bonds. The SMILES string of the molecule is Cc1nnc(CC[C@]23CCC(C)(C)CC2CC2C(=O)C=C4C(C)(CC[C@H]5[C@H](C)C(=O)C(C#N)=C[C@]45C)[C@]2(C)CC3)o1. The first-order chi connectivity index (χ1) is 19.2. The number of rotatable bonds is 3. The minimum atomic E-state index is -0.455. The fourth-order valence-corrected chi connectivity index (χ4v) is 10.7. The maximum Gasteiger partial charge on any atom is 0.216 e. The van der Waals surface area contributed by atoms with Crippen molar-refractivity contribution in [1.82, 2.24) is 10.2 Å². The van der Waals surface area contributed by atoms with Gasteiger partial charge in [0.05, 0.1) is 5.57 Å². The fraction of sp³-hybridized carbons (Fsp3) is 0.743. The fourth-order valence-electron chi connectivity index (χ4n) is 10.7. The predicted octanol–water partition coefficient (Wildman–Crippen LogP) is 7.53. The Morgan fingerprint density at radius 2 is 1.78 bits per heavy atom. The van der Waals surface area contributed by atoms with Crippen LogP contribution >= 0.6 is 0 Å². The largest absolute Gasteiger partial charge is 0.426 e. The number of nitrogens with zero attached hydrogens (tertiary/aromatic N) is 3. The second-order valence-corrected chi connectivity index (χ2v) is 15.9. The van der Waals surface area contributed by atoms with Crippen LogP contribution in [0, 0.1) is 69.0 Å². The predicted molar refractivity (Wildman–Crippen MR) is 156 cm³/mol. The number of allylic oxidation sites excluding steroid dienone is 4. The van der Waals surface area contributed by atoms with Crippen molar-refractivity contribution in [3.8, 4) is 6.07 Å². The highest BCUT2D eigenvalue weighted by Crippen LogP contribution is 2.71. The van der Waals surface area contributed by atoms with E-state index in [4.69, 9.17) is 4.42 Å². The van der Waals surface area contributed by atoms with Crippen LogP contribution in [0.5, 0.6) is 0 Å². The molecule has 3 unspecified atom stereocenters. The first-order valence-corrected chi connectivity index (χ1v) is 15.9. The molecule has 0 aromatic carbocycles. The van der Waals surface area contributed by atoms with Gasteiger partial charge in [-0.3, -0.25) is 9.59 Å². The van der Waals surface area contributed by atoms with E-state index in [9.17, 15) is 14.9 Å². The summed E-state index contributed by atoms with van der Waals surface area (Å²) in [5.41, 5.74) is 1.08. The van der Waals surface area contributed by atoms with Crippen molar-refractivity contribution in [2.45, 2.75) is 113 Å². The zero-order valence-electron chi connectivity index (χ0n) is 26.1. The molecule has 6 nitrogen and oxygen atoms in total. The van der Waals surface area contributed by atoms with E-state index in [1.807, 2.05) is 26.0 Å². The number of hydrogen-bond donors (Lipinski definition) is 0. The molecule has 3 saturated carbocycles. The van der Waals surface area contributed by atoms with Gasteiger partial charge in [0.1, 0.15) is 6.07 Å². The summed E-state index contributed by atoms with van der Waals surface area (Å²) in [7, 11) is 0. The molecule has 0 saturated heterocycles. The number of hydrogen-bond acceptors (Lipinski definition) is 6. The highest BCUT2D eigenvalue weighted by atomic mass is 16.4. The lowest BCUT2D eigenvalue weighted by Gasteiger charge is -2.63. The zero-order chi connectivity index (χ0) is 29.6. The van der Waals surface area contributed by atoms with E-state index in [-0.39, 0.29) is 56.6 Å². The van der Waals surface area contributed by atoms with Gasteiger partial charge < -0.3 is 4.42 Å². The Morgan fingerprint density at radius 3 is 2.46 bits per heavy atom. The summed E-state index contributed by atoms with van der Waals surface area (Å²) in [5, 5.41) is 18.2. The average Bonchev–Trinajstić information content (AvgIpc) is 3.28. The van der Waals surface area contributed by atoms with E-state index in [0.717, 1.165) is 57.3 Å². The number of carbonyl (C=O) groups excluding carboxylic acids is 2. The van der Waals surface area contributed by atoms with Gasteiger partial charge in [-0.2, -0.15) is 5.26 Å². The Labute approximate surface area is 245 Å². The Balaban J connectivity index is 1.41. The zero-order valence-corrected chi connectivity index (χ0v) is 26.1. The highest BCUT2D eigenvalue weighted by molar-refractivity contribution is 6.02. The molecule has 1 aromatic rings. The van der Waals surface area contributed by atoms with Crippen molar-refractivity contribution in [2.75, 3.05) is 0 Å². The van der Waals surface area contributed by atoms with Crippen LogP contribution in [-0.2, 0) is 16.0 Å². The summed E-state index contributed by atoms with van der Waals surface area (Å²) in [6.45, 7) is 15.7. The molecule has 6 heteroatoms. The van der Waals surface area contributed by atoms with Crippen molar-refractivity contribution < 1.29 is 14.0 Å². The van der Waals surface area contributed by atoms with Crippen LogP contribution < -0.4 is 0 Å². The third-order valence-electron chi connectivity index (χ3n) is 13.4. The van der Waals surface area contributed by atoms with Crippen molar-refractivity contribution in [3.05, 3.63) is 35.1 Å². The van der Waals surface area contributed by atoms with E-state index in [0.29, 0.717) is 11.8 Å². The quantitative estimate of drug-likeness (QED) is 0.381. The molecule has 0 spiro atoms. The minimum Gasteiger partial charge on any atom is -0.426 e. The lowest BCUT2D eigenvalue weighted by molar-refractivity contribution is -0.134. The summed E-state index contributed by atoms with van der Waals surface area (Å²) in [4.78, 5) is 27.4. The van der Waals surface area contributed by atoms with E-state index in [1.165, 1.54) is 18.4 Å². The number of aryl methyl sites for hydroxylation is 2. The second-order valence-electron chi connectivity index (χ2n) is 15.9. The van der Waals surface area contributed by atoms with E-state index in [1.54, 1.807) is 0 Å². The molecule has 0 aliphatic heterocycles. The molecule has 0 N–H and O–H groups in total. The maximum atomic E-state index is 14.4. The van der Waals surface area contributed by atoms with Gasteiger partial charge in [-0.05, 0) is 97.4 Å². The molecule has 0 bridgehead atoms. The number of fused-ring (bicyclic) bond motifs is 6. The lowest BCUT2D eigenvalue weighted by Crippen LogP contribution is -2.58. The molecule has 5 aliphatic carbocycles. The molecule has 0 radical (unpaired) electrons. The van der Waals surface area contributed by atoms with E-state index in [2.05, 4.69) is 50.9 Å². The van der Waals surface area contributed by atoms with Gasteiger partial charge in [0.2, 0.25) is 11.8 Å². The summed E-state index contributed by atoms with van der Waals surface area (Å²) in [6, 6.07) is 2.19. The van der Waals surface area contributed by atoms with E-state index >= 15 is 0 Å². The molecule has 1 aromatic heterocycles. The van der Waals surface area contributed by atoms with Crippen LogP contribution in [0.4, 0.5) is 0 Å². The molecule has 8 atom stereocenters. The number of aromatic nitrogens is 2. The Hall–Kier alpha value is -2.55. The van der Waals surface area contributed by atoms with Crippen molar-refractivity contribution in [2.24, 2.45) is 50.7 Å². The number of nitriles is 1. The van der Waals surface area contributed by atoms with Gasteiger partial charge in [0.15, 0.2) is 11.6 Å². The summed E-state index contributed by atoms with van der Waals surface area (Å²) in [5.74, 6) is 1.97. The second kappa shape index (κ2) is 9.22. The van der Waals surface area contributed by atoms with Gasteiger partial charge >= 0.3 is 0 Å². The van der Waals surface area contributed by atoms with Crippen molar-refractivity contribution >= 4 is 11.6 Å². The number of carbonyl (C=O) groups is 2. The normalized spacial score (nSPS) is 43.4. The van der Waals surface area contributed by atoms with Crippen molar-refractivity contribution in [1.29, 1.82) is 5.26 Å². The Kier molecular flexibility index (Phi) is 6.43. The molecule has 3 fully saturated rings. The summed E-state index contributed by atoms with van der Waals surface area (Å²) >= 11 is 0. The molecule has 41 heavy (non-hydrogen) atoms. The van der Waals surface area contributed by atoms with Crippen molar-refractivity contribution in [3.63, 3.8) is 0 Å². The van der Waals surface area contributed by atoms with Crippen LogP contribution in [0.2, 0.25) is 0 Å². The number of Topliss-reactive ketones (excluding diaryl/α,β-unsaturated/α-hetero) is 1. The van der Waals surface area contributed by atoms with Crippen LogP contribution in [0.3, 0.4) is 0 Å². The summed E-state index contributed by atoms with van der Waals surface area (Å²) < 4.78 is 5.80. The maximum absolute atomic E-state index is 14.4. The lowest BCUT2D eigenvalue weighted by atomic mass is 9.40. The smallest absolute Gasteiger partial charge is 0.216 e. The average molecular weight is 558 g/mol. The standard InChI is InChI=1S/C35H47N3O3/c1-21-25-8-10-34(7)28(32(25,5)18-23(20-36)30(21)40)17-27(39)26-16-24-19-31(3,4)12-14-35(24,15-13-33(26,34)6)11-9-29-38-37-22(2)41-29/h17-18,21,24-26H,8-16,19H2,1-7H3/t21-,24?,25-,26?,32-,33+,34?,35+/m0/s1. The third kappa shape index (κ3) is 4.08. The van der Waals surface area contributed by atoms with Crippen LogP contribution in [0.1, 0.15) is 111 Å². The van der Waals surface area contributed by atoms with E-state index < -0.39 is 5.41 Å². The molecular formula is C35H47N3O3. The van der Waals surface area contributed by atoms with Gasteiger partial charge in [0, 0.05) is 30.6 Å². The monoisotopic (exact) mass is 557 g/mol. The highest BCUT2D eigenvalue weighted by Gasteiger charge is 2.65. The topological polar surface area (TPSA) is 96.9 Å². The molecule has 220 valence electrons. The first kappa shape index (κ1) is 28.6. The van der Waals surface area contributed by atoms with Crippen LogP contribution in [0.25, 0.3) is 0 Å². The van der Waals surface area contributed by atoms with Gasteiger partial charge in [-0.25, -0.2) is 0 Å². The Bertz CT molecular complexity index is 1400. The number of ketones is 2. The molecule has 1 heterocycles. The van der Waals surface area contributed by atoms with Gasteiger partial charge in [-0.1, -0.05) is 53.2 Å². The third-order valence-corrected chi connectivity index (χ3v) is 13.4. The molecule has 6 rings (SSSR count). The molecule has 5 aliphatic rings. The summed E-state index contributed by atoms with van der Waals surface area (Å²) in [6.07, 6.45) is 14.3. The molecular weight excluding hydrogens is 510 g/mol. The first-order valence-electron chi connectivity index (χ1n) is 15.9. The van der Waals surface area contributed by atoms with Crippen LogP contribution in [0.15, 0.2) is 27.7 Å². The van der Waals surface area contributed by atoms with Gasteiger partial charge in [0.25, 0.3) is 0 Å². The minimum absolute atomic E-state index is 0.00936. The van der Waals surface area contributed by atoms with Gasteiger partial charge in [-0.15, -0.1) is 10.2 Å². The van der Waals surface area contributed by atoms with Crippen LogP contribution in [-0.4, -0.2) is 21.8 Å². The Morgan fingerprint density at radius 1 is 1.05 bits per heavy atom.